The van der Waals surface area contributed by atoms with Crippen LogP contribution in [0.1, 0.15) is 31.3 Å². The number of anilines is 1. The molecule has 1 aromatic heterocycles. The van der Waals surface area contributed by atoms with Gasteiger partial charge in [-0.15, -0.1) is 0 Å². The summed E-state index contributed by atoms with van der Waals surface area (Å²) in [5.74, 6) is -0.991. The topological polar surface area (TPSA) is 94.3 Å². The van der Waals surface area contributed by atoms with Crippen molar-refractivity contribution in [3.63, 3.8) is 0 Å². The van der Waals surface area contributed by atoms with Crippen molar-refractivity contribution in [3.05, 3.63) is 24.0 Å². The van der Waals surface area contributed by atoms with Crippen LogP contribution in [0.4, 0.5) is 5.69 Å². The molecule has 0 aliphatic carbocycles. The Balaban J connectivity index is 2.59. The van der Waals surface area contributed by atoms with E-state index in [-0.39, 0.29) is 17.6 Å². The third kappa shape index (κ3) is 4.04. The number of carbonyl (C=O) groups excluding carboxylic acids is 2. The Morgan fingerprint density at radius 1 is 1.33 bits per heavy atom. The molecule has 18 heavy (non-hydrogen) atoms. The molecule has 1 unspecified atom stereocenters. The predicted octanol–water partition coefficient (Wildman–Crippen LogP) is 0.734. The third-order valence-corrected chi connectivity index (χ3v) is 2.08. The summed E-state index contributed by atoms with van der Waals surface area (Å²) in [5.41, 5.74) is 6.03. The van der Waals surface area contributed by atoms with Gasteiger partial charge in [0.15, 0.2) is 6.10 Å². The average Bonchev–Trinajstić information content (AvgIpc) is 2.28. The zero-order chi connectivity index (χ0) is 13.7. The lowest BCUT2D eigenvalue weighted by atomic mass is 10.3. The molecule has 0 fully saturated rings. The Morgan fingerprint density at radius 3 is 2.50 bits per heavy atom. The van der Waals surface area contributed by atoms with Crippen molar-refractivity contribution in [2.24, 2.45) is 0 Å². The molecule has 0 saturated heterocycles. The Bertz CT molecular complexity index is 429. The van der Waals surface area contributed by atoms with E-state index in [1.54, 1.807) is 6.07 Å². The number of esters is 1. The highest BCUT2D eigenvalue weighted by atomic mass is 16.5. The summed E-state index contributed by atoms with van der Waals surface area (Å²) in [7, 11) is 0. The maximum atomic E-state index is 11.7. The van der Waals surface area contributed by atoms with Gasteiger partial charge < -0.3 is 15.8 Å². The van der Waals surface area contributed by atoms with Crippen LogP contribution >= 0.6 is 0 Å². The number of rotatable bonds is 4. The Labute approximate surface area is 106 Å². The van der Waals surface area contributed by atoms with E-state index in [0.717, 1.165) is 0 Å². The number of hydrogen-bond donors (Lipinski definition) is 2. The first-order valence-corrected chi connectivity index (χ1v) is 5.63. The number of aromatic nitrogens is 1. The molecule has 1 amide bonds. The van der Waals surface area contributed by atoms with E-state index in [0.29, 0.717) is 5.69 Å². The Hall–Kier alpha value is -2.11. The summed E-state index contributed by atoms with van der Waals surface area (Å²) in [6.45, 7) is 5.16. The average molecular weight is 251 g/mol. The minimum atomic E-state index is -0.862. The van der Waals surface area contributed by atoms with Crippen LogP contribution in [0, 0.1) is 0 Å². The second kappa shape index (κ2) is 6.00. The SMILES string of the molecule is CC(C)NC(=O)C(C)OC(=O)c1ccc(N)cn1. The monoisotopic (exact) mass is 251 g/mol. The van der Waals surface area contributed by atoms with Crippen molar-refractivity contribution in [1.82, 2.24) is 10.3 Å². The second-order valence-electron chi connectivity index (χ2n) is 4.19. The van der Waals surface area contributed by atoms with Crippen LogP contribution in [-0.4, -0.2) is 29.0 Å². The second-order valence-corrected chi connectivity index (χ2v) is 4.19. The molecule has 0 radical (unpaired) electrons. The zero-order valence-corrected chi connectivity index (χ0v) is 10.6. The minimum absolute atomic E-state index is 0.00620. The maximum Gasteiger partial charge on any atom is 0.357 e. The van der Waals surface area contributed by atoms with Crippen LogP contribution in [0.3, 0.4) is 0 Å². The summed E-state index contributed by atoms with van der Waals surface area (Å²) in [4.78, 5) is 27.0. The lowest BCUT2D eigenvalue weighted by molar-refractivity contribution is -0.129. The van der Waals surface area contributed by atoms with Gasteiger partial charge in [0.2, 0.25) is 0 Å². The van der Waals surface area contributed by atoms with E-state index in [1.807, 2.05) is 13.8 Å². The van der Waals surface area contributed by atoms with Gasteiger partial charge in [0.25, 0.3) is 5.91 Å². The van der Waals surface area contributed by atoms with Gasteiger partial charge in [-0.2, -0.15) is 0 Å². The first kappa shape index (κ1) is 14.0. The van der Waals surface area contributed by atoms with E-state index in [9.17, 15) is 9.59 Å². The quantitative estimate of drug-likeness (QED) is 0.769. The molecule has 6 heteroatoms. The van der Waals surface area contributed by atoms with Crippen LogP contribution in [0.25, 0.3) is 0 Å². The fourth-order valence-corrected chi connectivity index (χ4v) is 1.20. The van der Waals surface area contributed by atoms with Gasteiger partial charge in [-0.3, -0.25) is 4.79 Å². The number of nitrogens with zero attached hydrogens (tertiary/aromatic N) is 1. The van der Waals surface area contributed by atoms with Gasteiger partial charge in [-0.25, -0.2) is 9.78 Å². The molecule has 1 rings (SSSR count). The molecule has 1 heterocycles. The van der Waals surface area contributed by atoms with Gasteiger partial charge >= 0.3 is 5.97 Å². The number of pyridine rings is 1. The number of carbonyl (C=O) groups is 2. The van der Waals surface area contributed by atoms with Crippen molar-refractivity contribution in [2.75, 3.05) is 5.73 Å². The molecule has 3 N–H and O–H groups in total. The molecule has 1 aromatic rings. The number of amides is 1. The minimum Gasteiger partial charge on any atom is -0.448 e. The zero-order valence-electron chi connectivity index (χ0n) is 10.6. The van der Waals surface area contributed by atoms with Crippen molar-refractivity contribution in [3.8, 4) is 0 Å². The van der Waals surface area contributed by atoms with Crippen LogP contribution in [0.15, 0.2) is 18.3 Å². The van der Waals surface area contributed by atoms with Gasteiger partial charge in [0, 0.05) is 6.04 Å². The molecule has 0 saturated carbocycles. The molecule has 0 aliphatic rings. The molecule has 98 valence electrons. The van der Waals surface area contributed by atoms with E-state index in [1.165, 1.54) is 19.2 Å². The normalized spacial score (nSPS) is 12.0. The molecule has 6 nitrogen and oxygen atoms in total. The Kier molecular flexibility index (Phi) is 4.65. The molecule has 0 aliphatic heterocycles. The first-order valence-electron chi connectivity index (χ1n) is 5.63. The van der Waals surface area contributed by atoms with E-state index in [2.05, 4.69) is 10.3 Å². The van der Waals surface area contributed by atoms with E-state index in [4.69, 9.17) is 10.5 Å². The van der Waals surface area contributed by atoms with Gasteiger partial charge in [0.1, 0.15) is 5.69 Å². The summed E-state index contributed by atoms with van der Waals surface area (Å²) < 4.78 is 4.98. The van der Waals surface area contributed by atoms with Crippen LogP contribution < -0.4 is 11.1 Å². The molecule has 0 aromatic carbocycles. The molecule has 0 spiro atoms. The molecule has 1 atom stereocenters. The number of ether oxygens (including phenoxy) is 1. The molecular weight excluding hydrogens is 234 g/mol. The van der Waals surface area contributed by atoms with Crippen molar-refractivity contribution in [2.45, 2.75) is 32.9 Å². The van der Waals surface area contributed by atoms with Crippen molar-refractivity contribution < 1.29 is 14.3 Å². The molecule has 0 bridgehead atoms. The van der Waals surface area contributed by atoms with Crippen LogP contribution in [0.2, 0.25) is 0 Å². The Morgan fingerprint density at radius 2 is 2.00 bits per heavy atom. The maximum absolute atomic E-state index is 11.7. The van der Waals surface area contributed by atoms with E-state index >= 15 is 0 Å². The summed E-state index contributed by atoms with van der Waals surface area (Å²) in [6.07, 6.45) is 0.495. The molecular formula is C12H17N3O3. The van der Waals surface area contributed by atoms with Crippen LogP contribution in [-0.2, 0) is 9.53 Å². The summed E-state index contributed by atoms with van der Waals surface area (Å²) in [5, 5.41) is 2.65. The number of hydrogen-bond acceptors (Lipinski definition) is 5. The fraction of sp³-hybridized carbons (Fsp3) is 0.417. The summed E-state index contributed by atoms with van der Waals surface area (Å²) >= 11 is 0. The highest BCUT2D eigenvalue weighted by Gasteiger charge is 2.19. The first-order chi connectivity index (χ1) is 8.40. The largest absolute Gasteiger partial charge is 0.448 e. The van der Waals surface area contributed by atoms with Crippen molar-refractivity contribution >= 4 is 17.6 Å². The predicted molar refractivity (Wildman–Crippen MR) is 66.8 cm³/mol. The fourth-order valence-electron chi connectivity index (χ4n) is 1.20. The summed E-state index contributed by atoms with van der Waals surface area (Å²) in [6, 6.07) is 2.99. The lowest BCUT2D eigenvalue weighted by Crippen LogP contribution is -2.39. The number of nitrogens with one attached hydrogen (secondary N) is 1. The van der Waals surface area contributed by atoms with Crippen LogP contribution in [0.5, 0.6) is 0 Å². The number of nitrogen functional groups attached to an aromatic ring is 1. The third-order valence-electron chi connectivity index (χ3n) is 2.08. The smallest absolute Gasteiger partial charge is 0.357 e. The number of nitrogens with two attached hydrogens (primary N) is 1. The van der Waals surface area contributed by atoms with E-state index < -0.39 is 12.1 Å². The standard InChI is InChI=1S/C12H17N3O3/c1-7(2)15-11(16)8(3)18-12(17)10-5-4-9(13)6-14-10/h4-8H,13H2,1-3H3,(H,15,16). The van der Waals surface area contributed by atoms with Crippen molar-refractivity contribution in [1.29, 1.82) is 0 Å². The lowest BCUT2D eigenvalue weighted by Gasteiger charge is -2.15. The highest BCUT2D eigenvalue weighted by Crippen LogP contribution is 2.04. The highest BCUT2D eigenvalue weighted by molar-refractivity contribution is 5.90. The van der Waals surface area contributed by atoms with Gasteiger partial charge in [-0.05, 0) is 32.9 Å². The van der Waals surface area contributed by atoms with Gasteiger partial charge in [0.05, 0.1) is 11.9 Å². The van der Waals surface area contributed by atoms with Gasteiger partial charge in [-0.1, -0.05) is 0 Å².